The largest absolute Gasteiger partial charge is 0.369 e. The van der Waals surface area contributed by atoms with Crippen LogP contribution in [0.3, 0.4) is 0 Å². The fourth-order valence-corrected chi connectivity index (χ4v) is 5.35. The maximum absolute atomic E-state index is 13.4. The summed E-state index contributed by atoms with van der Waals surface area (Å²) in [5.41, 5.74) is 1.08. The lowest BCUT2D eigenvalue weighted by Gasteiger charge is -2.35. The number of sulfonamides is 1. The summed E-state index contributed by atoms with van der Waals surface area (Å²) in [4.78, 5) is 14.9. The molecule has 1 N–H and O–H groups in total. The summed E-state index contributed by atoms with van der Waals surface area (Å²) in [6.07, 6.45) is 3.15. The van der Waals surface area contributed by atoms with Gasteiger partial charge in [0.05, 0.1) is 5.56 Å². The number of nitrogens with zero attached hydrogens (tertiary/aromatic N) is 4. The number of benzene rings is 1. The van der Waals surface area contributed by atoms with Gasteiger partial charge < -0.3 is 10.2 Å². The lowest BCUT2D eigenvalue weighted by atomic mass is 10.1. The summed E-state index contributed by atoms with van der Waals surface area (Å²) in [5.74, 6) is 0.0428. The highest BCUT2D eigenvalue weighted by molar-refractivity contribution is 7.89. The molecule has 8 nitrogen and oxygen atoms in total. The van der Waals surface area contributed by atoms with Gasteiger partial charge in [-0.3, -0.25) is 9.48 Å². The molecule has 0 saturated carbocycles. The highest BCUT2D eigenvalue weighted by Gasteiger charge is 2.34. The zero-order valence-corrected chi connectivity index (χ0v) is 20.5. The van der Waals surface area contributed by atoms with Gasteiger partial charge in [-0.15, -0.1) is 0 Å². The van der Waals surface area contributed by atoms with E-state index in [0.29, 0.717) is 50.2 Å². The number of rotatable bonds is 9. The van der Waals surface area contributed by atoms with Gasteiger partial charge in [-0.25, -0.2) is 8.42 Å². The Morgan fingerprint density at radius 1 is 1.22 bits per heavy atom. The number of aryl methyl sites for hydroxylation is 1. The predicted octanol–water partition coefficient (Wildman–Crippen LogP) is 3.23. The van der Waals surface area contributed by atoms with Crippen molar-refractivity contribution < 1.29 is 13.2 Å². The summed E-state index contributed by atoms with van der Waals surface area (Å²) >= 11 is 6.09. The van der Waals surface area contributed by atoms with Crippen molar-refractivity contribution in [2.45, 2.75) is 45.2 Å². The fourth-order valence-electron chi connectivity index (χ4n) is 3.64. The number of hydrogen-bond acceptors (Lipinski definition) is 5. The van der Waals surface area contributed by atoms with Crippen molar-refractivity contribution in [1.29, 1.82) is 0 Å². The Labute approximate surface area is 195 Å². The normalized spacial score (nSPS) is 15.3. The lowest BCUT2D eigenvalue weighted by Crippen LogP contribution is -2.49. The molecule has 0 unspecified atom stereocenters. The first-order valence-electron chi connectivity index (χ1n) is 11.1. The predicted molar refractivity (Wildman–Crippen MR) is 127 cm³/mol. The number of hydrogen-bond donors (Lipinski definition) is 1. The second-order valence-corrected chi connectivity index (χ2v) is 10.7. The first kappa shape index (κ1) is 24.5. The quantitative estimate of drug-likeness (QED) is 0.594. The molecule has 1 amide bonds. The van der Waals surface area contributed by atoms with Gasteiger partial charge in [0.2, 0.25) is 5.03 Å². The highest BCUT2D eigenvalue weighted by atomic mass is 35.5. The van der Waals surface area contributed by atoms with Crippen LogP contribution in [-0.4, -0.2) is 61.1 Å². The maximum atomic E-state index is 13.4. The molecule has 10 heteroatoms. The van der Waals surface area contributed by atoms with E-state index in [4.69, 9.17) is 11.6 Å². The molecular formula is C22H32ClN5O3S. The summed E-state index contributed by atoms with van der Waals surface area (Å²) in [6, 6.07) is 7.53. The second-order valence-electron chi connectivity index (χ2n) is 8.42. The van der Waals surface area contributed by atoms with Crippen LogP contribution in [0.25, 0.3) is 0 Å². The van der Waals surface area contributed by atoms with Crippen LogP contribution in [0.15, 0.2) is 35.5 Å². The van der Waals surface area contributed by atoms with E-state index >= 15 is 0 Å². The van der Waals surface area contributed by atoms with E-state index < -0.39 is 15.9 Å². The van der Waals surface area contributed by atoms with Crippen molar-refractivity contribution in [1.82, 2.24) is 19.4 Å². The van der Waals surface area contributed by atoms with Gasteiger partial charge >= 0.3 is 0 Å². The van der Waals surface area contributed by atoms with E-state index in [9.17, 15) is 13.2 Å². The van der Waals surface area contributed by atoms with Gasteiger partial charge in [0, 0.05) is 56.2 Å². The summed E-state index contributed by atoms with van der Waals surface area (Å²) in [5, 5.41) is 7.62. The molecule has 2 aromatic rings. The van der Waals surface area contributed by atoms with Gasteiger partial charge in [-0.1, -0.05) is 38.4 Å². The average Bonchev–Trinajstić information content (AvgIpc) is 3.19. The van der Waals surface area contributed by atoms with Crippen molar-refractivity contribution in [2.24, 2.45) is 5.92 Å². The molecular weight excluding hydrogens is 450 g/mol. The number of carbonyl (C=O) groups excluding carboxylic acids is 1. The molecule has 1 fully saturated rings. The Bertz CT molecular complexity index is 1030. The first-order chi connectivity index (χ1) is 15.2. The number of nitrogens with one attached hydrogen (secondary N) is 1. The second kappa shape index (κ2) is 10.7. The minimum absolute atomic E-state index is 0.111. The third-order valence-corrected chi connectivity index (χ3v) is 7.50. The standard InChI is InChI=1S/C22H32ClN5O3S/c1-4-10-27-16-20(21(29)24-9-8-17(2)3)22(25-27)32(30,31)28-13-11-26(12-14-28)19-7-5-6-18(23)15-19/h5-7,15-17H,4,8-14H2,1-3H3,(H,24,29). The summed E-state index contributed by atoms with van der Waals surface area (Å²) in [6.45, 7) is 8.85. The lowest BCUT2D eigenvalue weighted by molar-refractivity contribution is 0.0948. The molecule has 1 aromatic heterocycles. The van der Waals surface area contributed by atoms with E-state index in [1.807, 2.05) is 31.2 Å². The number of carbonyl (C=O) groups is 1. The van der Waals surface area contributed by atoms with Crippen LogP contribution in [0, 0.1) is 5.92 Å². The molecule has 3 rings (SSSR count). The van der Waals surface area contributed by atoms with E-state index in [1.54, 1.807) is 10.9 Å². The van der Waals surface area contributed by atoms with E-state index in [-0.39, 0.29) is 10.6 Å². The number of aromatic nitrogens is 2. The molecule has 0 radical (unpaired) electrons. The SMILES string of the molecule is CCCn1cc(C(=O)NCCC(C)C)c(S(=O)(=O)N2CCN(c3cccc(Cl)c3)CC2)n1. The molecule has 0 aliphatic carbocycles. The molecule has 0 spiro atoms. The van der Waals surface area contributed by atoms with Crippen LogP contribution >= 0.6 is 11.6 Å². The monoisotopic (exact) mass is 481 g/mol. The van der Waals surface area contributed by atoms with E-state index in [1.165, 1.54) is 4.31 Å². The smallest absolute Gasteiger partial charge is 0.263 e. The van der Waals surface area contributed by atoms with Crippen LogP contribution in [0.1, 0.15) is 44.0 Å². The van der Waals surface area contributed by atoms with Gasteiger partial charge in [-0.05, 0) is 37.0 Å². The Balaban J connectivity index is 1.77. The molecule has 1 aliphatic rings. The van der Waals surface area contributed by atoms with Crippen LogP contribution < -0.4 is 10.2 Å². The topological polar surface area (TPSA) is 87.5 Å². The van der Waals surface area contributed by atoms with Crippen molar-refractivity contribution in [3.05, 3.63) is 41.0 Å². The van der Waals surface area contributed by atoms with Gasteiger partial charge in [0.15, 0.2) is 0 Å². The maximum Gasteiger partial charge on any atom is 0.263 e. The Hall–Kier alpha value is -2.10. The Kier molecular flexibility index (Phi) is 8.19. The number of halogens is 1. The Morgan fingerprint density at radius 3 is 2.56 bits per heavy atom. The van der Waals surface area contributed by atoms with Gasteiger partial charge in [0.25, 0.3) is 15.9 Å². The average molecular weight is 482 g/mol. The summed E-state index contributed by atoms with van der Waals surface area (Å²) < 4.78 is 29.8. The first-order valence-corrected chi connectivity index (χ1v) is 12.9. The number of anilines is 1. The third kappa shape index (κ3) is 5.82. The molecule has 0 bridgehead atoms. The fraction of sp³-hybridized carbons (Fsp3) is 0.545. The van der Waals surface area contributed by atoms with Crippen molar-refractivity contribution in [3.63, 3.8) is 0 Å². The van der Waals surface area contributed by atoms with E-state index in [0.717, 1.165) is 18.5 Å². The van der Waals surface area contributed by atoms with Gasteiger partial charge in [0.1, 0.15) is 0 Å². The molecule has 2 heterocycles. The van der Waals surface area contributed by atoms with Crippen LogP contribution in [-0.2, 0) is 16.6 Å². The minimum Gasteiger partial charge on any atom is -0.369 e. The van der Waals surface area contributed by atoms with E-state index in [2.05, 4.69) is 29.2 Å². The third-order valence-electron chi connectivity index (χ3n) is 5.43. The van der Waals surface area contributed by atoms with Gasteiger partial charge in [-0.2, -0.15) is 9.40 Å². The zero-order valence-electron chi connectivity index (χ0n) is 18.9. The zero-order chi connectivity index (χ0) is 23.3. The molecule has 1 saturated heterocycles. The molecule has 1 aliphatic heterocycles. The van der Waals surface area contributed by atoms with Crippen molar-refractivity contribution in [3.8, 4) is 0 Å². The number of piperazine rings is 1. The van der Waals surface area contributed by atoms with Crippen LogP contribution in [0.4, 0.5) is 5.69 Å². The number of amides is 1. The van der Waals surface area contributed by atoms with Crippen LogP contribution in [0.2, 0.25) is 5.02 Å². The van der Waals surface area contributed by atoms with Crippen LogP contribution in [0.5, 0.6) is 0 Å². The molecule has 176 valence electrons. The van der Waals surface area contributed by atoms with Crippen molar-refractivity contribution in [2.75, 3.05) is 37.6 Å². The van der Waals surface area contributed by atoms with Crippen molar-refractivity contribution >= 4 is 33.2 Å². The molecule has 32 heavy (non-hydrogen) atoms. The minimum atomic E-state index is -3.90. The molecule has 0 atom stereocenters. The summed E-state index contributed by atoms with van der Waals surface area (Å²) in [7, 11) is -3.90. The Morgan fingerprint density at radius 2 is 1.94 bits per heavy atom. The molecule has 1 aromatic carbocycles. The highest BCUT2D eigenvalue weighted by Crippen LogP contribution is 2.24.